The van der Waals surface area contributed by atoms with Gasteiger partial charge in [-0.05, 0) is 86.9 Å². The Morgan fingerprint density at radius 1 is 0.966 bits per heavy atom. The summed E-state index contributed by atoms with van der Waals surface area (Å²) >= 11 is 0. The molecular formula is C24H38O5. The molecule has 4 aliphatic carbocycles. The molecule has 8 atom stereocenters. The molecule has 5 heteroatoms. The Morgan fingerprint density at radius 3 is 2.34 bits per heavy atom. The Morgan fingerprint density at radius 2 is 1.69 bits per heavy atom. The van der Waals surface area contributed by atoms with Crippen LogP contribution >= 0.6 is 0 Å². The van der Waals surface area contributed by atoms with E-state index in [1.807, 2.05) is 6.92 Å². The minimum Gasteiger partial charge on any atom is -0.465 e. The Bertz CT molecular complexity index is 701. The number of rotatable bonds is 3. The molecule has 1 spiro atoms. The van der Waals surface area contributed by atoms with E-state index < -0.39 is 5.60 Å². The van der Waals surface area contributed by atoms with Gasteiger partial charge in [-0.2, -0.15) is 0 Å². The first-order chi connectivity index (χ1) is 13.4. The van der Waals surface area contributed by atoms with Gasteiger partial charge in [-0.15, -0.1) is 0 Å². The highest BCUT2D eigenvalue weighted by Gasteiger charge is 2.70. The lowest BCUT2D eigenvalue weighted by Gasteiger charge is -2.66. The molecular weight excluding hydrogens is 368 g/mol. The van der Waals surface area contributed by atoms with Gasteiger partial charge < -0.3 is 14.6 Å². The van der Waals surface area contributed by atoms with E-state index in [0.717, 1.165) is 44.9 Å². The molecule has 4 aliphatic rings. The lowest BCUT2D eigenvalue weighted by atomic mass is 9.39. The summed E-state index contributed by atoms with van der Waals surface area (Å²) < 4.78 is 11.4. The van der Waals surface area contributed by atoms with Crippen molar-refractivity contribution < 1.29 is 24.2 Å². The second kappa shape index (κ2) is 6.70. The van der Waals surface area contributed by atoms with E-state index in [0.29, 0.717) is 24.4 Å². The highest BCUT2D eigenvalue weighted by molar-refractivity contribution is 5.66. The lowest BCUT2D eigenvalue weighted by Crippen LogP contribution is -2.62. The van der Waals surface area contributed by atoms with Crippen LogP contribution < -0.4 is 0 Å². The van der Waals surface area contributed by atoms with E-state index in [2.05, 4.69) is 13.8 Å². The van der Waals surface area contributed by atoms with Gasteiger partial charge in [0.15, 0.2) is 0 Å². The zero-order valence-electron chi connectivity index (χ0n) is 18.8. The molecule has 4 fully saturated rings. The summed E-state index contributed by atoms with van der Waals surface area (Å²) in [4.78, 5) is 23.5. The van der Waals surface area contributed by atoms with Crippen LogP contribution in [0.25, 0.3) is 0 Å². The minimum atomic E-state index is -0.556. The van der Waals surface area contributed by atoms with Gasteiger partial charge in [-0.3, -0.25) is 9.59 Å². The fraction of sp³-hybridized carbons (Fsp3) is 0.917. The van der Waals surface area contributed by atoms with Crippen molar-refractivity contribution >= 4 is 11.9 Å². The van der Waals surface area contributed by atoms with Crippen LogP contribution in [0.15, 0.2) is 0 Å². The molecule has 0 unspecified atom stereocenters. The number of esters is 2. The fourth-order valence-electron chi connectivity index (χ4n) is 8.55. The molecule has 4 rings (SSSR count). The average molecular weight is 407 g/mol. The summed E-state index contributed by atoms with van der Waals surface area (Å²) in [5, 5.41) is 11.0. The average Bonchev–Trinajstić information content (AvgIpc) is 2.94. The predicted molar refractivity (Wildman–Crippen MR) is 109 cm³/mol. The van der Waals surface area contributed by atoms with Gasteiger partial charge in [-0.1, -0.05) is 13.8 Å². The number of aliphatic hydroxyl groups is 1. The van der Waals surface area contributed by atoms with E-state index in [-0.39, 0.29) is 34.3 Å². The molecule has 0 aromatic rings. The molecule has 0 heterocycles. The number of hydrogen-bond donors (Lipinski definition) is 1. The molecule has 2 bridgehead atoms. The van der Waals surface area contributed by atoms with Crippen LogP contribution in [0.1, 0.15) is 86.0 Å². The topological polar surface area (TPSA) is 72.8 Å². The maximum absolute atomic E-state index is 11.8. The summed E-state index contributed by atoms with van der Waals surface area (Å²) in [6.45, 7) is 10.0. The van der Waals surface area contributed by atoms with Crippen molar-refractivity contribution in [3.05, 3.63) is 0 Å². The largest absolute Gasteiger partial charge is 0.465 e. The molecule has 0 aliphatic heterocycles. The molecule has 29 heavy (non-hydrogen) atoms. The second-order valence-corrected chi connectivity index (χ2v) is 11.5. The van der Waals surface area contributed by atoms with Crippen LogP contribution in [0, 0.1) is 34.0 Å². The first-order valence-corrected chi connectivity index (χ1v) is 11.4. The van der Waals surface area contributed by atoms with Crippen LogP contribution in [0.4, 0.5) is 0 Å². The SMILES string of the molecule is CC(=O)OC[C@]1(C)C[C@H](OC(C)=O)C[C@@]2(C)[C@H]1CC[C@H]1C[C@H]3C[C@]12CC[C@]3(C)O. The zero-order valence-corrected chi connectivity index (χ0v) is 18.8. The molecule has 1 N–H and O–H groups in total. The third-order valence-electron chi connectivity index (χ3n) is 9.75. The molecule has 0 saturated heterocycles. The van der Waals surface area contributed by atoms with Gasteiger partial charge in [0, 0.05) is 19.3 Å². The quantitative estimate of drug-likeness (QED) is 0.709. The molecule has 0 amide bonds. The normalized spacial score (nSPS) is 51.0. The molecule has 164 valence electrons. The third kappa shape index (κ3) is 3.14. The maximum atomic E-state index is 11.8. The summed E-state index contributed by atoms with van der Waals surface area (Å²) in [5.74, 6) is 0.957. The van der Waals surface area contributed by atoms with Crippen molar-refractivity contribution in [3.8, 4) is 0 Å². The molecule has 0 aromatic carbocycles. The lowest BCUT2D eigenvalue weighted by molar-refractivity contribution is -0.215. The van der Waals surface area contributed by atoms with Crippen molar-refractivity contribution in [2.24, 2.45) is 34.0 Å². The summed E-state index contributed by atoms with van der Waals surface area (Å²) in [5.41, 5.74) is -0.538. The number of carbonyl (C=O) groups is 2. The van der Waals surface area contributed by atoms with Crippen molar-refractivity contribution in [3.63, 3.8) is 0 Å². The minimum absolute atomic E-state index is 0.0223. The van der Waals surface area contributed by atoms with E-state index >= 15 is 0 Å². The van der Waals surface area contributed by atoms with Crippen LogP contribution in [-0.2, 0) is 19.1 Å². The van der Waals surface area contributed by atoms with Gasteiger partial charge in [0.2, 0.25) is 0 Å². The van der Waals surface area contributed by atoms with Crippen molar-refractivity contribution in [1.29, 1.82) is 0 Å². The molecule has 4 saturated carbocycles. The van der Waals surface area contributed by atoms with Crippen LogP contribution in [0.5, 0.6) is 0 Å². The number of fused-ring (bicyclic) bond motifs is 2. The fourth-order valence-corrected chi connectivity index (χ4v) is 8.55. The Balaban J connectivity index is 1.73. The summed E-state index contributed by atoms with van der Waals surface area (Å²) in [6, 6.07) is 0. The number of carbonyl (C=O) groups excluding carboxylic acids is 2. The van der Waals surface area contributed by atoms with Crippen LogP contribution in [-0.4, -0.2) is 35.4 Å². The highest BCUT2D eigenvalue weighted by Crippen LogP contribution is 2.75. The van der Waals surface area contributed by atoms with Gasteiger partial charge in [0.1, 0.15) is 6.10 Å². The first-order valence-electron chi connectivity index (χ1n) is 11.4. The Labute approximate surface area is 174 Å². The van der Waals surface area contributed by atoms with Crippen molar-refractivity contribution in [1.82, 2.24) is 0 Å². The van der Waals surface area contributed by atoms with Crippen LogP contribution in [0.3, 0.4) is 0 Å². The second-order valence-electron chi connectivity index (χ2n) is 11.5. The molecule has 0 radical (unpaired) electrons. The van der Waals surface area contributed by atoms with E-state index in [1.54, 1.807) is 0 Å². The number of hydrogen-bond acceptors (Lipinski definition) is 5. The Hall–Kier alpha value is -1.10. The number of ether oxygens (including phenoxy) is 2. The van der Waals surface area contributed by atoms with Crippen molar-refractivity contribution in [2.75, 3.05) is 6.61 Å². The third-order valence-corrected chi connectivity index (χ3v) is 9.75. The van der Waals surface area contributed by atoms with Gasteiger partial charge in [-0.25, -0.2) is 0 Å². The zero-order chi connectivity index (χ0) is 21.2. The van der Waals surface area contributed by atoms with Crippen molar-refractivity contribution in [2.45, 2.75) is 97.7 Å². The summed E-state index contributed by atoms with van der Waals surface area (Å²) in [6.07, 6.45) is 7.93. The first kappa shape index (κ1) is 21.1. The standard InChI is InChI=1S/C24H38O5/c1-15(25)28-14-21(3)12-19(29-16(2)26)13-22(4)20(21)7-6-17-10-18-11-24(17,22)9-8-23(18,5)27/h17-20,27H,6-14H2,1-5H3/t17-,18-,19-,20-,21-,22-,23-,24+/m0/s1. The highest BCUT2D eigenvalue weighted by atomic mass is 16.5. The van der Waals surface area contributed by atoms with E-state index in [1.165, 1.54) is 20.3 Å². The Kier molecular flexibility index (Phi) is 4.88. The summed E-state index contributed by atoms with van der Waals surface area (Å²) in [7, 11) is 0. The smallest absolute Gasteiger partial charge is 0.302 e. The molecule has 5 nitrogen and oxygen atoms in total. The van der Waals surface area contributed by atoms with Gasteiger partial charge in [0.05, 0.1) is 12.2 Å². The monoisotopic (exact) mass is 406 g/mol. The van der Waals surface area contributed by atoms with E-state index in [9.17, 15) is 14.7 Å². The van der Waals surface area contributed by atoms with Crippen LogP contribution in [0.2, 0.25) is 0 Å². The predicted octanol–water partition coefficient (Wildman–Crippen LogP) is 4.26. The van der Waals surface area contributed by atoms with E-state index in [4.69, 9.17) is 9.47 Å². The van der Waals surface area contributed by atoms with Gasteiger partial charge in [0.25, 0.3) is 0 Å². The molecule has 0 aromatic heterocycles. The maximum Gasteiger partial charge on any atom is 0.302 e. The van der Waals surface area contributed by atoms with Gasteiger partial charge >= 0.3 is 11.9 Å².